The molecule has 0 aliphatic carbocycles. The third kappa shape index (κ3) is 5.98. The Morgan fingerprint density at radius 1 is 0.931 bits per heavy atom. The third-order valence-corrected chi connectivity index (χ3v) is 5.08. The van der Waals surface area contributed by atoms with Gasteiger partial charge in [0.25, 0.3) is 0 Å². The highest BCUT2D eigenvalue weighted by Crippen LogP contribution is 2.30. The van der Waals surface area contributed by atoms with Crippen molar-refractivity contribution >= 4 is 0 Å². The van der Waals surface area contributed by atoms with Crippen LogP contribution in [0.5, 0.6) is 0 Å². The molecule has 5 nitrogen and oxygen atoms in total. The Morgan fingerprint density at radius 2 is 1.48 bits per heavy atom. The van der Waals surface area contributed by atoms with E-state index in [2.05, 4.69) is 6.58 Å². The molecule has 0 radical (unpaired) electrons. The van der Waals surface area contributed by atoms with Crippen LogP contribution in [0.3, 0.4) is 0 Å². The van der Waals surface area contributed by atoms with Gasteiger partial charge < -0.3 is 24.1 Å². The van der Waals surface area contributed by atoms with Gasteiger partial charge in [-0.15, -0.1) is 6.58 Å². The summed E-state index contributed by atoms with van der Waals surface area (Å²) < 4.78 is 23.9. The van der Waals surface area contributed by atoms with Crippen LogP contribution in [0.25, 0.3) is 0 Å². The predicted molar refractivity (Wildman–Crippen MR) is 111 cm³/mol. The summed E-state index contributed by atoms with van der Waals surface area (Å²) in [6, 6.07) is 19.8. The Labute approximate surface area is 172 Å². The lowest BCUT2D eigenvalue weighted by Crippen LogP contribution is -2.59. The molecule has 1 saturated heterocycles. The minimum absolute atomic E-state index is 0.373. The first-order valence-electron chi connectivity index (χ1n) is 10.0. The second-order valence-corrected chi connectivity index (χ2v) is 7.16. The molecule has 1 fully saturated rings. The number of allylic oxidation sites excluding steroid dienone is 1. The van der Waals surface area contributed by atoms with Crippen molar-refractivity contribution in [2.75, 3.05) is 7.11 Å². The standard InChI is InChI=1S/C24H30O5/c1-3-4-15-20-21(25)22(27-16-18-11-7-5-8-12-18)23(24(26-2)29-20)28-17-19-13-9-6-10-14-19/h3,5-14,20-25H,1,4,15-17H2,2H3/t20-,21-,22-,23+,24-/m0/s1. The minimum Gasteiger partial charge on any atom is -0.388 e. The van der Waals surface area contributed by atoms with E-state index in [0.717, 1.165) is 17.5 Å². The van der Waals surface area contributed by atoms with Crippen LogP contribution in [-0.4, -0.2) is 42.9 Å². The lowest BCUT2D eigenvalue weighted by Gasteiger charge is -2.44. The van der Waals surface area contributed by atoms with Gasteiger partial charge in [-0.1, -0.05) is 66.7 Å². The maximum absolute atomic E-state index is 11.0. The highest BCUT2D eigenvalue weighted by atomic mass is 16.7. The van der Waals surface area contributed by atoms with Gasteiger partial charge in [-0.25, -0.2) is 0 Å². The first-order chi connectivity index (χ1) is 14.2. The SMILES string of the molecule is C=CCC[C@@H]1O[C@H](OC)[C@H](OCc2ccccc2)[C@@H](OCc2ccccc2)[C@H]1O. The van der Waals surface area contributed by atoms with Gasteiger partial charge in [0.15, 0.2) is 6.29 Å². The molecule has 156 valence electrons. The number of hydrogen-bond donors (Lipinski definition) is 1. The summed E-state index contributed by atoms with van der Waals surface area (Å²) in [5.41, 5.74) is 2.07. The van der Waals surface area contributed by atoms with Gasteiger partial charge in [0.2, 0.25) is 0 Å². The number of ether oxygens (including phenoxy) is 4. The van der Waals surface area contributed by atoms with E-state index in [9.17, 15) is 5.11 Å². The molecule has 0 unspecified atom stereocenters. The van der Waals surface area contributed by atoms with Crippen LogP contribution in [0.15, 0.2) is 73.3 Å². The maximum atomic E-state index is 11.0. The van der Waals surface area contributed by atoms with Crippen LogP contribution in [0, 0.1) is 0 Å². The number of methoxy groups -OCH3 is 1. The van der Waals surface area contributed by atoms with Gasteiger partial charge in [-0.3, -0.25) is 0 Å². The third-order valence-electron chi connectivity index (χ3n) is 5.08. The van der Waals surface area contributed by atoms with Crippen molar-refractivity contribution in [2.24, 2.45) is 0 Å². The monoisotopic (exact) mass is 398 g/mol. The van der Waals surface area contributed by atoms with E-state index in [4.69, 9.17) is 18.9 Å². The fraction of sp³-hybridized carbons (Fsp3) is 0.417. The van der Waals surface area contributed by atoms with E-state index in [1.54, 1.807) is 7.11 Å². The van der Waals surface area contributed by atoms with E-state index in [-0.39, 0.29) is 0 Å². The topological polar surface area (TPSA) is 57.2 Å². The van der Waals surface area contributed by atoms with E-state index >= 15 is 0 Å². The molecule has 2 aromatic rings. The molecule has 1 N–H and O–H groups in total. The largest absolute Gasteiger partial charge is 0.388 e. The van der Waals surface area contributed by atoms with Crippen LogP contribution in [0.1, 0.15) is 24.0 Å². The highest BCUT2D eigenvalue weighted by Gasteiger charge is 2.46. The first-order valence-corrected chi connectivity index (χ1v) is 10.0. The fourth-order valence-electron chi connectivity index (χ4n) is 3.50. The lowest BCUT2D eigenvalue weighted by atomic mass is 9.95. The molecule has 1 aliphatic rings. The molecular weight excluding hydrogens is 368 g/mol. The van der Waals surface area contributed by atoms with Gasteiger partial charge in [-0.2, -0.15) is 0 Å². The first kappa shape index (κ1) is 21.7. The normalized spacial score (nSPS) is 26.9. The quantitative estimate of drug-likeness (QED) is 0.616. The second-order valence-electron chi connectivity index (χ2n) is 7.16. The summed E-state index contributed by atoms with van der Waals surface area (Å²) >= 11 is 0. The summed E-state index contributed by atoms with van der Waals surface area (Å²) in [6.45, 7) is 4.51. The zero-order valence-electron chi connectivity index (χ0n) is 16.9. The summed E-state index contributed by atoms with van der Waals surface area (Å²) in [7, 11) is 1.58. The summed E-state index contributed by atoms with van der Waals surface area (Å²) in [5, 5.41) is 11.0. The molecular formula is C24H30O5. The number of aliphatic hydroxyl groups excluding tert-OH is 1. The van der Waals surface area contributed by atoms with Crippen molar-refractivity contribution in [3.05, 3.63) is 84.4 Å². The fourth-order valence-corrected chi connectivity index (χ4v) is 3.50. The molecule has 0 spiro atoms. The van der Waals surface area contributed by atoms with Gasteiger partial charge >= 0.3 is 0 Å². The van der Waals surface area contributed by atoms with E-state index in [0.29, 0.717) is 19.6 Å². The van der Waals surface area contributed by atoms with Crippen molar-refractivity contribution in [3.63, 3.8) is 0 Å². The maximum Gasteiger partial charge on any atom is 0.186 e. The zero-order chi connectivity index (χ0) is 20.5. The van der Waals surface area contributed by atoms with Gasteiger partial charge in [0.1, 0.15) is 18.3 Å². The summed E-state index contributed by atoms with van der Waals surface area (Å²) in [5.74, 6) is 0. The second kappa shape index (κ2) is 11.2. The van der Waals surface area contributed by atoms with E-state index < -0.39 is 30.7 Å². The van der Waals surface area contributed by atoms with Gasteiger partial charge in [0, 0.05) is 7.11 Å². The van der Waals surface area contributed by atoms with Crippen molar-refractivity contribution in [2.45, 2.75) is 56.8 Å². The molecule has 29 heavy (non-hydrogen) atoms. The molecule has 5 atom stereocenters. The molecule has 3 rings (SSSR count). The zero-order valence-corrected chi connectivity index (χ0v) is 16.9. The Kier molecular flexibility index (Phi) is 8.40. The van der Waals surface area contributed by atoms with Crippen LogP contribution >= 0.6 is 0 Å². The van der Waals surface area contributed by atoms with E-state index in [1.165, 1.54) is 0 Å². The Bertz CT molecular complexity index is 721. The van der Waals surface area contributed by atoms with Crippen molar-refractivity contribution in [1.29, 1.82) is 0 Å². The molecule has 5 heteroatoms. The van der Waals surface area contributed by atoms with Crippen molar-refractivity contribution in [3.8, 4) is 0 Å². The number of aliphatic hydroxyl groups is 1. The number of hydrogen-bond acceptors (Lipinski definition) is 5. The van der Waals surface area contributed by atoms with Crippen LogP contribution in [0.4, 0.5) is 0 Å². The molecule has 1 heterocycles. The van der Waals surface area contributed by atoms with Crippen LogP contribution < -0.4 is 0 Å². The Hall–Kier alpha value is -2.02. The van der Waals surface area contributed by atoms with Crippen molar-refractivity contribution in [1.82, 2.24) is 0 Å². The predicted octanol–water partition coefficient (Wildman–Crippen LogP) is 3.86. The molecule has 0 bridgehead atoms. The van der Waals surface area contributed by atoms with Crippen molar-refractivity contribution < 1.29 is 24.1 Å². The average molecular weight is 398 g/mol. The van der Waals surface area contributed by atoms with Gasteiger partial charge in [-0.05, 0) is 24.0 Å². The van der Waals surface area contributed by atoms with Crippen LogP contribution in [0.2, 0.25) is 0 Å². The number of benzene rings is 2. The Morgan fingerprint density at radius 3 is 2.00 bits per heavy atom. The molecule has 2 aromatic carbocycles. The molecule has 0 amide bonds. The molecule has 1 aliphatic heterocycles. The molecule has 0 saturated carbocycles. The van der Waals surface area contributed by atoms with E-state index in [1.807, 2.05) is 66.7 Å². The average Bonchev–Trinajstić information content (AvgIpc) is 2.77. The summed E-state index contributed by atoms with van der Waals surface area (Å²) in [4.78, 5) is 0. The lowest BCUT2D eigenvalue weighted by molar-refractivity contribution is -0.310. The minimum atomic E-state index is -0.828. The van der Waals surface area contributed by atoms with Gasteiger partial charge in [0.05, 0.1) is 19.3 Å². The van der Waals surface area contributed by atoms with Crippen LogP contribution in [-0.2, 0) is 32.2 Å². The Balaban J connectivity index is 1.74. The highest BCUT2D eigenvalue weighted by molar-refractivity contribution is 5.14. The smallest absolute Gasteiger partial charge is 0.186 e. The molecule has 0 aromatic heterocycles. The number of rotatable bonds is 10. The summed E-state index contributed by atoms with van der Waals surface area (Å²) in [6.07, 6.45) is 0.195.